The summed E-state index contributed by atoms with van der Waals surface area (Å²) in [5.41, 5.74) is 0.181. The number of hydrogen-bond donors (Lipinski definition) is 1. The fourth-order valence-electron chi connectivity index (χ4n) is 1.90. The van der Waals surface area contributed by atoms with Gasteiger partial charge >= 0.3 is 5.97 Å². The predicted octanol–water partition coefficient (Wildman–Crippen LogP) is 0.788. The second-order valence-electron chi connectivity index (χ2n) is 4.22. The third-order valence-corrected chi connectivity index (χ3v) is 2.81. The third-order valence-electron chi connectivity index (χ3n) is 2.81. The van der Waals surface area contributed by atoms with Gasteiger partial charge in [-0.05, 0) is 19.9 Å². The van der Waals surface area contributed by atoms with Crippen LogP contribution in [0.15, 0.2) is 12.3 Å². The second kappa shape index (κ2) is 4.67. The SMILES string of the molecule is CC1CN(c2nnccc2C(=O)O)C(C)CO1. The van der Waals surface area contributed by atoms with Gasteiger partial charge in [0, 0.05) is 6.54 Å². The van der Waals surface area contributed by atoms with Gasteiger partial charge in [-0.3, -0.25) is 0 Å². The molecule has 1 aromatic rings. The molecule has 0 aromatic carbocycles. The first-order valence-electron chi connectivity index (χ1n) is 5.53. The number of hydrogen-bond acceptors (Lipinski definition) is 5. The zero-order valence-electron chi connectivity index (χ0n) is 9.83. The number of morpholine rings is 1. The summed E-state index contributed by atoms with van der Waals surface area (Å²) in [5, 5.41) is 16.8. The van der Waals surface area contributed by atoms with Crippen LogP contribution in [-0.4, -0.2) is 46.6 Å². The summed E-state index contributed by atoms with van der Waals surface area (Å²) in [5.74, 6) is -0.566. The molecule has 0 amide bonds. The molecule has 1 N–H and O–H groups in total. The second-order valence-corrected chi connectivity index (χ2v) is 4.22. The van der Waals surface area contributed by atoms with Crippen LogP contribution in [0, 0.1) is 0 Å². The van der Waals surface area contributed by atoms with Crippen LogP contribution in [0.4, 0.5) is 5.82 Å². The van der Waals surface area contributed by atoms with Crippen molar-refractivity contribution < 1.29 is 14.6 Å². The zero-order valence-corrected chi connectivity index (χ0v) is 9.83. The lowest BCUT2D eigenvalue weighted by Crippen LogP contribution is -2.48. The molecule has 17 heavy (non-hydrogen) atoms. The van der Waals surface area contributed by atoms with Crippen molar-refractivity contribution in [3.05, 3.63) is 17.8 Å². The van der Waals surface area contributed by atoms with E-state index in [4.69, 9.17) is 9.84 Å². The van der Waals surface area contributed by atoms with Crippen LogP contribution in [0.1, 0.15) is 24.2 Å². The molecule has 6 nitrogen and oxygen atoms in total. The van der Waals surface area contributed by atoms with Crippen molar-refractivity contribution in [2.75, 3.05) is 18.1 Å². The van der Waals surface area contributed by atoms with E-state index >= 15 is 0 Å². The first-order chi connectivity index (χ1) is 8.09. The van der Waals surface area contributed by atoms with Gasteiger partial charge in [0.1, 0.15) is 5.56 Å². The van der Waals surface area contributed by atoms with Gasteiger partial charge in [0.2, 0.25) is 0 Å². The lowest BCUT2D eigenvalue weighted by Gasteiger charge is -2.37. The average Bonchev–Trinajstić information content (AvgIpc) is 2.32. The average molecular weight is 237 g/mol. The Kier molecular flexibility index (Phi) is 3.23. The van der Waals surface area contributed by atoms with Gasteiger partial charge in [0.25, 0.3) is 0 Å². The Bertz CT molecular complexity index is 424. The molecule has 2 atom stereocenters. The number of carboxylic acids is 1. The topological polar surface area (TPSA) is 75.6 Å². The fourth-order valence-corrected chi connectivity index (χ4v) is 1.90. The Morgan fingerprint density at radius 1 is 1.59 bits per heavy atom. The highest BCUT2D eigenvalue weighted by Gasteiger charge is 2.28. The number of anilines is 1. The van der Waals surface area contributed by atoms with E-state index in [2.05, 4.69) is 10.2 Å². The summed E-state index contributed by atoms with van der Waals surface area (Å²) < 4.78 is 5.50. The molecule has 1 fully saturated rings. The minimum Gasteiger partial charge on any atom is -0.478 e. The van der Waals surface area contributed by atoms with E-state index in [0.717, 1.165) is 0 Å². The number of carbonyl (C=O) groups is 1. The number of rotatable bonds is 2. The van der Waals surface area contributed by atoms with E-state index in [-0.39, 0.29) is 17.7 Å². The Morgan fingerprint density at radius 2 is 2.35 bits per heavy atom. The van der Waals surface area contributed by atoms with Crippen molar-refractivity contribution in [2.24, 2.45) is 0 Å². The van der Waals surface area contributed by atoms with Gasteiger partial charge in [0.15, 0.2) is 5.82 Å². The van der Waals surface area contributed by atoms with Crippen LogP contribution < -0.4 is 4.90 Å². The van der Waals surface area contributed by atoms with Crippen LogP contribution >= 0.6 is 0 Å². The van der Waals surface area contributed by atoms with Crippen LogP contribution in [0.2, 0.25) is 0 Å². The molecular weight excluding hydrogens is 222 g/mol. The molecule has 0 saturated carbocycles. The smallest absolute Gasteiger partial charge is 0.339 e. The Balaban J connectivity index is 2.35. The summed E-state index contributed by atoms with van der Waals surface area (Å²) in [6.45, 7) is 5.12. The van der Waals surface area contributed by atoms with Gasteiger partial charge in [-0.15, -0.1) is 5.10 Å². The largest absolute Gasteiger partial charge is 0.478 e. The molecule has 1 saturated heterocycles. The number of carboxylic acid groups (broad SMARTS) is 1. The molecule has 1 aliphatic rings. The molecule has 6 heteroatoms. The monoisotopic (exact) mass is 237 g/mol. The van der Waals surface area contributed by atoms with Gasteiger partial charge in [0.05, 0.1) is 24.9 Å². The molecule has 1 aliphatic heterocycles. The fraction of sp³-hybridized carbons (Fsp3) is 0.545. The summed E-state index contributed by atoms with van der Waals surface area (Å²) in [7, 11) is 0. The van der Waals surface area contributed by atoms with E-state index < -0.39 is 5.97 Å². The number of aromatic nitrogens is 2. The Hall–Kier alpha value is -1.69. The summed E-state index contributed by atoms with van der Waals surface area (Å²) in [6, 6.07) is 1.57. The van der Waals surface area contributed by atoms with Crippen molar-refractivity contribution in [3.8, 4) is 0 Å². The van der Waals surface area contributed by atoms with Gasteiger partial charge in [-0.2, -0.15) is 5.10 Å². The van der Waals surface area contributed by atoms with Crippen molar-refractivity contribution in [1.82, 2.24) is 10.2 Å². The Labute approximate surface area is 99.2 Å². The summed E-state index contributed by atoms with van der Waals surface area (Å²) in [6.07, 6.45) is 1.46. The van der Waals surface area contributed by atoms with Gasteiger partial charge in [-0.25, -0.2) is 4.79 Å². The predicted molar refractivity (Wildman–Crippen MR) is 61.2 cm³/mol. The molecule has 2 unspecified atom stereocenters. The lowest BCUT2D eigenvalue weighted by atomic mass is 10.1. The first-order valence-corrected chi connectivity index (χ1v) is 5.53. The number of aromatic carboxylic acids is 1. The minimum absolute atomic E-state index is 0.0647. The Morgan fingerprint density at radius 3 is 3.06 bits per heavy atom. The molecule has 0 bridgehead atoms. The van der Waals surface area contributed by atoms with E-state index in [0.29, 0.717) is 19.0 Å². The van der Waals surface area contributed by atoms with Crippen LogP contribution in [0.25, 0.3) is 0 Å². The number of ether oxygens (including phenoxy) is 1. The first kappa shape index (κ1) is 11.8. The van der Waals surface area contributed by atoms with Gasteiger partial charge < -0.3 is 14.7 Å². The molecule has 0 radical (unpaired) electrons. The van der Waals surface area contributed by atoms with Crippen molar-refractivity contribution in [3.63, 3.8) is 0 Å². The lowest BCUT2D eigenvalue weighted by molar-refractivity contribution is 0.0337. The van der Waals surface area contributed by atoms with E-state index in [1.807, 2.05) is 18.7 Å². The molecule has 2 rings (SSSR count). The van der Waals surface area contributed by atoms with E-state index in [1.54, 1.807) is 0 Å². The molecule has 0 spiro atoms. The normalized spacial score (nSPS) is 24.7. The quantitative estimate of drug-likeness (QED) is 0.819. The van der Waals surface area contributed by atoms with Crippen molar-refractivity contribution in [1.29, 1.82) is 0 Å². The molecule has 1 aromatic heterocycles. The summed E-state index contributed by atoms with van der Waals surface area (Å²) in [4.78, 5) is 13.1. The summed E-state index contributed by atoms with van der Waals surface area (Å²) >= 11 is 0. The highest BCUT2D eigenvalue weighted by Crippen LogP contribution is 2.22. The zero-order chi connectivity index (χ0) is 12.4. The van der Waals surface area contributed by atoms with Crippen LogP contribution in [0.3, 0.4) is 0 Å². The maximum Gasteiger partial charge on any atom is 0.339 e. The maximum atomic E-state index is 11.1. The molecule has 0 aliphatic carbocycles. The molecular formula is C11H15N3O3. The third kappa shape index (κ3) is 2.36. The molecule has 2 heterocycles. The highest BCUT2D eigenvalue weighted by atomic mass is 16.5. The molecule has 92 valence electrons. The minimum atomic E-state index is -0.985. The number of nitrogens with zero attached hydrogens (tertiary/aromatic N) is 3. The van der Waals surface area contributed by atoms with E-state index in [9.17, 15) is 4.79 Å². The van der Waals surface area contributed by atoms with Crippen LogP contribution in [-0.2, 0) is 4.74 Å². The van der Waals surface area contributed by atoms with E-state index in [1.165, 1.54) is 12.3 Å². The standard InChI is InChI=1S/C11H15N3O3/c1-7-6-17-8(2)5-14(7)10-9(11(15)16)3-4-12-13-10/h3-4,7-8H,5-6H2,1-2H3,(H,15,16). The maximum absolute atomic E-state index is 11.1. The highest BCUT2D eigenvalue weighted by molar-refractivity contribution is 5.93. The van der Waals surface area contributed by atoms with Gasteiger partial charge in [-0.1, -0.05) is 0 Å². The van der Waals surface area contributed by atoms with Crippen molar-refractivity contribution >= 4 is 11.8 Å². The van der Waals surface area contributed by atoms with Crippen LogP contribution in [0.5, 0.6) is 0 Å². The van der Waals surface area contributed by atoms with Crippen molar-refractivity contribution in [2.45, 2.75) is 26.0 Å².